The molecule has 0 bridgehead atoms. The second-order valence-corrected chi connectivity index (χ2v) is 4.28. The maximum absolute atomic E-state index is 11.8. The molecule has 1 aliphatic heterocycles. The Morgan fingerprint density at radius 3 is 3.16 bits per heavy atom. The van der Waals surface area contributed by atoms with Crippen LogP contribution >= 0.6 is 0 Å². The molecule has 1 aliphatic rings. The highest BCUT2D eigenvalue weighted by Crippen LogP contribution is 2.33. The Morgan fingerprint density at radius 1 is 1.74 bits per heavy atom. The minimum absolute atomic E-state index is 0.129. The van der Waals surface area contributed by atoms with E-state index in [1.807, 2.05) is 0 Å². The summed E-state index contributed by atoms with van der Waals surface area (Å²) in [5, 5.41) is 12.6. The molecule has 102 valence electrons. The molecule has 0 radical (unpaired) electrons. The van der Waals surface area contributed by atoms with E-state index in [1.165, 1.54) is 16.8 Å². The van der Waals surface area contributed by atoms with E-state index in [4.69, 9.17) is 21.1 Å². The van der Waals surface area contributed by atoms with E-state index in [1.54, 1.807) is 0 Å². The number of nitrogens with zero attached hydrogens (tertiary/aromatic N) is 5. The highest BCUT2D eigenvalue weighted by molar-refractivity contribution is 5.23. The van der Waals surface area contributed by atoms with Gasteiger partial charge in [0.1, 0.15) is 12.0 Å². The standard InChI is InChI=1S/C10H14N6O3/c11-8-1-2-16(10(18)14-8)9-6(4-13-15-12)3-7(5-17)19-9/h1-2,6-7,9,17H,3-5H2,(H2,11,14,18)/t6-,7-,9+/m0/s1. The van der Waals surface area contributed by atoms with Crippen LogP contribution in [0.15, 0.2) is 22.2 Å². The zero-order valence-electron chi connectivity index (χ0n) is 10.1. The van der Waals surface area contributed by atoms with E-state index in [2.05, 4.69) is 15.0 Å². The summed E-state index contributed by atoms with van der Waals surface area (Å²) >= 11 is 0. The summed E-state index contributed by atoms with van der Waals surface area (Å²) in [6.07, 6.45) is 1.01. The number of aromatic nitrogens is 2. The van der Waals surface area contributed by atoms with Crippen LogP contribution in [0, 0.1) is 5.92 Å². The Bertz CT molecular complexity index is 552. The lowest BCUT2D eigenvalue weighted by Gasteiger charge is -2.19. The minimum Gasteiger partial charge on any atom is -0.394 e. The fourth-order valence-corrected chi connectivity index (χ4v) is 2.15. The van der Waals surface area contributed by atoms with E-state index in [0.717, 1.165) is 0 Å². The number of rotatable bonds is 4. The maximum atomic E-state index is 11.8. The topological polar surface area (TPSA) is 139 Å². The summed E-state index contributed by atoms with van der Waals surface area (Å²) in [5.74, 6) is -0.0549. The Kier molecular flexibility index (Phi) is 4.00. The van der Waals surface area contributed by atoms with Crippen molar-refractivity contribution in [2.24, 2.45) is 11.0 Å². The van der Waals surface area contributed by atoms with Crippen molar-refractivity contribution in [3.8, 4) is 0 Å². The largest absolute Gasteiger partial charge is 0.394 e. The van der Waals surface area contributed by atoms with Crippen molar-refractivity contribution in [1.82, 2.24) is 9.55 Å². The predicted molar refractivity (Wildman–Crippen MR) is 66.0 cm³/mol. The monoisotopic (exact) mass is 266 g/mol. The number of ether oxygens (including phenoxy) is 1. The van der Waals surface area contributed by atoms with Crippen LogP contribution in [0.5, 0.6) is 0 Å². The van der Waals surface area contributed by atoms with Crippen LogP contribution in [0.3, 0.4) is 0 Å². The zero-order chi connectivity index (χ0) is 13.8. The van der Waals surface area contributed by atoms with Crippen molar-refractivity contribution in [2.45, 2.75) is 18.8 Å². The van der Waals surface area contributed by atoms with Gasteiger partial charge in [-0.2, -0.15) is 4.98 Å². The molecule has 1 aromatic rings. The number of nitrogen functional groups attached to an aromatic ring is 1. The van der Waals surface area contributed by atoms with E-state index in [-0.39, 0.29) is 31.0 Å². The fraction of sp³-hybridized carbons (Fsp3) is 0.600. The molecule has 0 amide bonds. The first kappa shape index (κ1) is 13.3. The highest BCUT2D eigenvalue weighted by atomic mass is 16.5. The molecule has 1 aromatic heterocycles. The van der Waals surface area contributed by atoms with Crippen molar-refractivity contribution in [3.05, 3.63) is 33.2 Å². The molecule has 3 atom stereocenters. The Labute approximate surface area is 108 Å². The van der Waals surface area contributed by atoms with Gasteiger partial charge in [-0.25, -0.2) is 4.79 Å². The molecular weight excluding hydrogens is 252 g/mol. The summed E-state index contributed by atoms with van der Waals surface area (Å²) in [5.41, 5.74) is 13.3. The van der Waals surface area contributed by atoms with Gasteiger partial charge in [-0.3, -0.25) is 4.57 Å². The van der Waals surface area contributed by atoms with E-state index >= 15 is 0 Å². The Morgan fingerprint density at radius 2 is 2.53 bits per heavy atom. The first-order valence-electron chi connectivity index (χ1n) is 5.77. The van der Waals surface area contributed by atoms with Crippen molar-refractivity contribution >= 4 is 5.82 Å². The van der Waals surface area contributed by atoms with Crippen LogP contribution in [-0.2, 0) is 4.74 Å². The molecule has 0 unspecified atom stereocenters. The first-order valence-corrected chi connectivity index (χ1v) is 5.77. The molecule has 1 fully saturated rings. The lowest BCUT2D eigenvalue weighted by molar-refractivity contribution is -0.0344. The second kappa shape index (κ2) is 5.70. The number of hydrogen-bond donors (Lipinski definition) is 2. The number of aliphatic hydroxyl groups excluding tert-OH is 1. The van der Waals surface area contributed by atoms with Crippen LogP contribution in [0.25, 0.3) is 10.4 Å². The molecule has 2 heterocycles. The van der Waals surface area contributed by atoms with Crippen molar-refractivity contribution in [2.75, 3.05) is 18.9 Å². The lowest BCUT2D eigenvalue weighted by Crippen LogP contribution is -2.30. The van der Waals surface area contributed by atoms with Gasteiger partial charge < -0.3 is 15.6 Å². The third kappa shape index (κ3) is 2.84. The minimum atomic E-state index is -0.608. The van der Waals surface area contributed by atoms with Gasteiger partial charge in [-0.05, 0) is 18.0 Å². The second-order valence-electron chi connectivity index (χ2n) is 4.28. The molecule has 9 nitrogen and oxygen atoms in total. The fourth-order valence-electron chi connectivity index (χ4n) is 2.15. The number of aliphatic hydroxyl groups is 1. The van der Waals surface area contributed by atoms with Crippen LogP contribution in [0.4, 0.5) is 5.82 Å². The SMILES string of the molecule is [N-]=[N+]=NC[C@@H]1C[C@@H](CO)O[C@H]1n1ccc(N)nc1=O. The normalized spacial score (nSPS) is 26.1. The average Bonchev–Trinajstić information content (AvgIpc) is 2.79. The summed E-state index contributed by atoms with van der Waals surface area (Å²) in [6, 6.07) is 1.49. The highest BCUT2D eigenvalue weighted by Gasteiger charge is 2.36. The molecule has 0 saturated carbocycles. The number of anilines is 1. The molecule has 1 saturated heterocycles. The van der Waals surface area contributed by atoms with Crippen molar-refractivity contribution < 1.29 is 9.84 Å². The van der Waals surface area contributed by atoms with Crippen LogP contribution in [0.2, 0.25) is 0 Å². The molecule has 0 aromatic carbocycles. The Balaban J connectivity index is 2.28. The Hall–Kier alpha value is -2.09. The predicted octanol–water partition coefficient (Wildman–Crippen LogP) is 0.0318. The zero-order valence-corrected chi connectivity index (χ0v) is 10.1. The number of azide groups is 1. The summed E-state index contributed by atoms with van der Waals surface area (Å²) in [6.45, 7) is 0.0366. The molecule has 0 aliphatic carbocycles. The molecular formula is C10H14N6O3. The third-order valence-corrected chi connectivity index (χ3v) is 3.01. The molecule has 19 heavy (non-hydrogen) atoms. The van der Waals surface area contributed by atoms with Gasteiger partial charge in [-0.1, -0.05) is 5.11 Å². The quantitative estimate of drug-likeness (QED) is 0.449. The smallest absolute Gasteiger partial charge is 0.351 e. The van der Waals surface area contributed by atoms with Gasteiger partial charge in [0.2, 0.25) is 0 Å². The van der Waals surface area contributed by atoms with Crippen LogP contribution in [0.1, 0.15) is 12.6 Å². The van der Waals surface area contributed by atoms with Gasteiger partial charge in [0.25, 0.3) is 0 Å². The van der Waals surface area contributed by atoms with Crippen LogP contribution in [-0.4, -0.2) is 33.9 Å². The molecule has 3 N–H and O–H groups in total. The molecule has 2 rings (SSSR count). The number of nitrogens with two attached hydrogens (primary N) is 1. The van der Waals surface area contributed by atoms with Gasteiger partial charge in [0.05, 0.1) is 12.7 Å². The van der Waals surface area contributed by atoms with Crippen molar-refractivity contribution in [1.29, 1.82) is 0 Å². The van der Waals surface area contributed by atoms with Gasteiger partial charge in [0, 0.05) is 23.6 Å². The summed E-state index contributed by atoms with van der Waals surface area (Å²) < 4.78 is 6.87. The number of hydrogen-bond acceptors (Lipinski definition) is 6. The molecule has 0 spiro atoms. The van der Waals surface area contributed by atoms with Crippen molar-refractivity contribution in [3.63, 3.8) is 0 Å². The van der Waals surface area contributed by atoms with Gasteiger partial charge in [0.15, 0.2) is 0 Å². The summed E-state index contributed by atoms with van der Waals surface area (Å²) in [4.78, 5) is 18.1. The third-order valence-electron chi connectivity index (χ3n) is 3.01. The average molecular weight is 266 g/mol. The van der Waals surface area contributed by atoms with E-state index in [9.17, 15) is 4.79 Å². The van der Waals surface area contributed by atoms with E-state index < -0.39 is 11.9 Å². The lowest BCUT2D eigenvalue weighted by atomic mass is 10.0. The van der Waals surface area contributed by atoms with Crippen LogP contribution < -0.4 is 11.4 Å². The summed E-state index contributed by atoms with van der Waals surface area (Å²) in [7, 11) is 0. The van der Waals surface area contributed by atoms with Gasteiger partial charge in [-0.15, -0.1) is 0 Å². The van der Waals surface area contributed by atoms with E-state index in [0.29, 0.717) is 6.42 Å². The maximum Gasteiger partial charge on any atom is 0.351 e. The van der Waals surface area contributed by atoms with Gasteiger partial charge >= 0.3 is 5.69 Å². The first-order chi connectivity index (χ1) is 9.15. The molecule has 9 heteroatoms.